The molecule has 0 saturated carbocycles. The van der Waals surface area contributed by atoms with Crippen molar-refractivity contribution in [3.63, 3.8) is 0 Å². The molecule has 1 fully saturated rings. The Bertz CT molecular complexity index is 1320. The molecule has 1 N–H and O–H groups in total. The van der Waals surface area contributed by atoms with Gasteiger partial charge in [-0.3, -0.25) is 14.8 Å². The maximum atomic E-state index is 6.70. The fourth-order valence-corrected chi connectivity index (χ4v) is 6.01. The second kappa shape index (κ2) is 10.2. The zero-order chi connectivity index (χ0) is 27.2. The molecule has 3 heterocycles. The summed E-state index contributed by atoms with van der Waals surface area (Å²) < 4.78 is 2.10. The molecule has 38 heavy (non-hydrogen) atoms. The highest BCUT2D eigenvalue weighted by molar-refractivity contribution is 6.30. The topological polar surface area (TPSA) is 49.2 Å². The van der Waals surface area contributed by atoms with E-state index in [0.29, 0.717) is 0 Å². The molecule has 0 bridgehead atoms. The lowest BCUT2D eigenvalue weighted by Crippen LogP contribution is -2.54. The molecule has 1 saturated heterocycles. The van der Waals surface area contributed by atoms with Gasteiger partial charge >= 0.3 is 0 Å². The fraction of sp³-hybridized carbons (Fsp3) is 0.484. The maximum absolute atomic E-state index is 6.70. The number of hydrogen-bond donors (Lipinski definition) is 1. The van der Waals surface area contributed by atoms with E-state index in [0.717, 1.165) is 48.2 Å². The van der Waals surface area contributed by atoms with Crippen LogP contribution in [-0.2, 0) is 7.05 Å². The van der Waals surface area contributed by atoms with Crippen LogP contribution in [0.2, 0.25) is 5.02 Å². The minimum Gasteiger partial charge on any atom is -0.336 e. The monoisotopic (exact) mass is 532 g/mol. The number of aryl methyl sites for hydroxylation is 1. The van der Waals surface area contributed by atoms with Gasteiger partial charge in [0.15, 0.2) is 0 Å². The van der Waals surface area contributed by atoms with Gasteiger partial charge in [-0.2, -0.15) is 0 Å². The lowest BCUT2D eigenvalue weighted by molar-refractivity contribution is 0.0486. The summed E-state index contributed by atoms with van der Waals surface area (Å²) in [5, 5.41) is 4.63. The van der Waals surface area contributed by atoms with Crippen molar-refractivity contribution in [3.8, 4) is 0 Å². The van der Waals surface area contributed by atoms with Crippen molar-refractivity contribution in [3.05, 3.63) is 82.2 Å². The van der Waals surface area contributed by atoms with E-state index in [-0.39, 0.29) is 23.2 Å². The first kappa shape index (κ1) is 27.1. The summed E-state index contributed by atoms with van der Waals surface area (Å²) in [6.07, 6.45) is 8.08. The molecule has 2 aromatic heterocycles. The predicted molar refractivity (Wildman–Crippen MR) is 157 cm³/mol. The van der Waals surface area contributed by atoms with Gasteiger partial charge < -0.3 is 9.88 Å². The van der Waals surface area contributed by atoms with Crippen LogP contribution in [0.3, 0.4) is 0 Å². The highest BCUT2D eigenvalue weighted by atomic mass is 35.5. The largest absolute Gasteiger partial charge is 0.336 e. The number of nitrogens with one attached hydrogen (secondary N) is 1. The number of hydrogen-bond acceptors (Lipinski definition) is 5. The van der Waals surface area contributed by atoms with E-state index < -0.39 is 0 Å². The van der Waals surface area contributed by atoms with Crippen LogP contribution >= 0.6 is 11.6 Å². The fourth-order valence-electron chi connectivity index (χ4n) is 5.84. The van der Waals surface area contributed by atoms with E-state index in [1.165, 1.54) is 16.7 Å². The molecule has 1 aliphatic heterocycles. The van der Waals surface area contributed by atoms with Crippen LogP contribution in [0, 0.1) is 0 Å². The Morgan fingerprint density at radius 3 is 2.39 bits per heavy atom. The minimum absolute atomic E-state index is 0.0520. The molecule has 0 spiro atoms. The normalized spacial score (nSPS) is 19.9. The molecule has 7 heteroatoms. The predicted octanol–water partition coefficient (Wildman–Crippen LogP) is 5.96. The summed E-state index contributed by atoms with van der Waals surface area (Å²) in [7, 11) is 2.06. The van der Waals surface area contributed by atoms with Crippen molar-refractivity contribution in [2.45, 2.75) is 64.7 Å². The van der Waals surface area contributed by atoms with Gasteiger partial charge in [0.25, 0.3) is 0 Å². The van der Waals surface area contributed by atoms with Crippen LogP contribution in [0.15, 0.2) is 49.1 Å². The van der Waals surface area contributed by atoms with Gasteiger partial charge in [0.05, 0.1) is 36.0 Å². The van der Waals surface area contributed by atoms with Crippen molar-refractivity contribution in [1.82, 2.24) is 29.7 Å². The molecule has 2 atom stereocenters. The third-order valence-corrected chi connectivity index (χ3v) is 7.96. The summed E-state index contributed by atoms with van der Waals surface area (Å²) in [4.78, 5) is 14.7. The van der Waals surface area contributed by atoms with Crippen LogP contribution in [0.1, 0.15) is 81.7 Å². The van der Waals surface area contributed by atoms with E-state index >= 15 is 0 Å². The summed E-state index contributed by atoms with van der Waals surface area (Å²) in [6.45, 7) is 17.6. The average Bonchev–Trinajstić information content (AvgIpc) is 3.21. The third-order valence-electron chi connectivity index (χ3n) is 7.73. The Kier molecular flexibility index (Phi) is 7.29. The standard InChI is InChI=1S/C31H41ClN6/c1-30(2,3)35-28(26-19-33-20-36(26)7)25-17-21-9-8-12-34-27(21)29(23-11-10-22(32)18-24(23)25)37-13-15-38(16-14-37)31(4,5)6/h8-12,17-20,28-29,35H,13-16H2,1-7H3/t28-,29-/m1/s1. The lowest BCUT2D eigenvalue weighted by Gasteiger charge is -2.45. The smallest absolute Gasteiger partial charge is 0.0946 e. The van der Waals surface area contributed by atoms with Crippen molar-refractivity contribution >= 4 is 23.3 Å². The second-order valence-corrected chi connectivity index (χ2v) is 13.1. The van der Waals surface area contributed by atoms with Crippen LogP contribution in [0.5, 0.6) is 0 Å². The van der Waals surface area contributed by atoms with Gasteiger partial charge in [0.2, 0.25) is 0 Å². The van der Waals surface area contributed by atoms with Gasteiger partial charge in [-0.05, 0) is 88.1 Å². The SMILES string of the molecule is Cn1cncc1[C@H](NC(C)(C)C)C1=Cc2cccnc2[C@H](N2CCN(C(C)(C)C)CC2)c2ccc(Cl)cc21. The molecule has 5 rings (SSSR count). The number of fused-ring (bicyclic) bond motifs is 2. The van der Waals surface area contributed by atoms with E-state index in [2.05, 4.69) is 97.5 Å². The van der Waals surface area contributed by atoms with Crippen molar-refractivity contribution in [2.75, 3.05) is 26.2 Å². The minimum atomic E-state index is -0.124. The van der Waals surface area contributed by atoms with Gasteiger partial charge in [-0.25, -0.2) is 4.98 Å². The molecule has 1 aliphatic carbocycles. The first-order valence-corrected chi connectivity index (χ1v) is 14.0. The number of rotatable bonds is 4. The van der Waals surface area contributed by atoms with Gasteiger partial charge in [-0.15, -0.1) is 0 Å². The van der Waals surface area contributed by atoms with Crippen molar-refractivity contribution in [1.29, 1.82) is 0 Å². The molecule has 6 nitrogen and oxygen atoms in total. The third kappa shape index (κ3) is 5.46. The molecule has 3 aromatic rings. The molecule has 202 valence electrons. The Morgan fingerprint density at radius 2 is 1.76 bits per heavy atom. The molecule has 1 aromatic carbocycles. The quantitative estimate of drug-likeness (QED) is 0.449. The zero-order valence-electron chi connectivity index (χ0n) is 23.8. The van der Waals surface area contributed by atoms with Crippen LogP contribution in [-0.4, -0.2) is 61.6 Å². The van der Waals surface area contributed by atoms with Gasteiger partial charge in [-0.1, -0.05) is 23.7 Å². The van der Waals surface area contributed by atoms with Crippen molar-refractivity contribution < 1.29 is 0 Å². The molecule has 0 radical (unpaired) electrons. The van der Waals surface area contributed by atoms with Gasteiger partial charge in [0.1, 0.15) is 0 Å². The molecular formula is C31H41ClN6. The van der Waals surface area contributed by atoms with E-state index in [4.69, 9.17) is 16.6 Å². The van der Waals surface area contributed by atoms with E-state index in [1.54, 1.807) is 0 Å². The Hall–Kier alpha value is -2.51. The van der Waals surface area contributed by atoms with E-state index in [9.17, 15) is 0 Å². The Balaban J connectivity index is 1.67. The Morgan fingerprint density at radius 1 is 1.03 bits per heavy atom. The van der Waals surface area contributed by atoms with E-state index in [1.807, 2.05) is 30.9 Å². The highest BCUT2D eigenvalue weighted by Crippen LogP contribution is 2.44. The zero-order valence-corrected chi connectivity index (χ0v) is 24.5. The molecule has 0 unspecified atom stereocenters. The summed E-state index contributed by atoms with van der Waals surface area (Å²) in [5.74, 6) is 0. The molecule has 0 amide bonds. The summed E-state index contributed by atoms with van der Waals surface area (Å²) in [5.41, 5.74) is 7.02. The van der Waals surface area contributed by atoms with Crippen molar-refractivity contribution in [2.24, 2.45) is 7.05 Å². The first-order chi connectivity index (χ1) is 17.9. The summed E-state index contributed by atoms with van der Waals surface area (Å²) >= 11 is 6.70. The number of benzene rings is 1. The van der Waals surface area contributed by atoms with Crippen LogP contribution in [0.4, 0.5) is 0 Å². The lowest BCUT2D eigenvalue weighted by atomic mass is 9.88. The number of pyridine rings is 1. The first-order valence-electron chi connectivity index (χ1n) is 13.6. The van der Waals surface area contributed by atoms with Crippen LogP contribution < -0.4 is 5.32 Å². The number of aromatic nitrogens is 3. The number of halogens is 1. The Labute approximate surface area is 232 Å². The van der Waals surface area contributed by atoms with Crippen LogP contribution in [0.25, 0.3) is 11.6 Å². The summed E-state index contributed by atoms with van der Waals surface area (Å²) in [6, 6.07) is 10.6. The average molecular weight is 533 g/mol. The number of piperazine rings is 1. The second-order valence-electron chi connectivity index (χ2n) is 12.7. The highest BCUT2D eigenvalue weighted by Gasteiger charge is 2.37. The number of imidazole rings is 1. The molecule has 2 aliphatic rings. The maximum Gasteiger partial charge on any atom is 0.0946 e. The number of nitrogens with zero attached hydrogens (tertiary/aromatic N) is 5. The van der Waals surface area contributed by atoms with Gasteiger partial charge in [0, 0.05) is 55.5 Å². The molecular weight excluding hydrogens is 492 g/mol.